The molecule has 1 aliphatic rings. The summed E-state index contributed by atoms with van der Waals surface area (Å²) >= 11 is 0. The standard InChI is InChI=1S/C21H18N4O3/c22-20(27)13-7-8-18-17(11-13)19(25-24-18)12-3-1-5-15(9-12)23-21(28)14-4-2-6-16(26)10-14/h1-11,19,24-26H,(H2,22,27)(H,23,28). The van der Waals surface area contributed by atoms with Crippen LogP contribution < -0.4 is 21.9 Å². The molecule has 0 aromatic heterocycles. The average Bonchev–Trinajstić information content (AvgIpc) is 3.11. The Morgan fingerprint density at radius 1 is 0.964 bits per heavy atom. The third-order valence-corrected chi connectivity index (χ3v) is 4.58. The van der Waals surface area contributed by atoms with Gasteiger partial charge in [-0.15, -0.1) is 0 Å². The molecule has 3 aromatic carbocycles. The highest BCUT2D eigenvalue weighted by Gasteiger charge is 2.24. The number of carbonyl (C=O) groups is 2. The van der Waals surface area contributed by atoms with Gasteiger partial charge in [0.1, 0.15) is 5.75 Å². The van der Waals surface area contributed by atoms with Crippen LogP contribution >= 0.6 is 0 Å². The minimum Gasteiger partial charge on any atom is -0.508 e. The van der Waals surface area contributed by atoms with E-state index in [1.54, 1.807) is 36.4 Å². The number of rotatable bonds is 4. The van der Waals surface area contributed by atoms with E-state index in [2.05, 4.69) is 16.2 Å². The van der Waals surface area contributed by atoms with Crippen LogP contribution in [0.25, 0.3) is 0 Å². The number of nitrogens with two attached hydrogens (primary N) is 1. The summed E-state index contributed by atoms with van der Waals surface area (Å²) in [6.45, 7) is 0. The molecule has 0 bridgehead atoms. The minimum atomic E-state index is -0.486. The van der Waals surface area contributed by atoms with Gasteiger partial charge in [-0.05, 0) is 54.1 Å². The number of phenols is 1. The van der Waals surface area contributed by atoms with Gasteiger partial charge in [-0.2, -0.15) is 0 Å². The topological polar surface area (TPSA) is 116 Å². The summed E-state index contributed by atoms with van der Waals surface area (Å²) in [7, 11) is 0. The monoisotopic (exact) mass is 374 g/mol. The van der Waals surface area contributed by atoms with Gasteiger partial charge in [0.25, 0.3) is 5.91 Å². The predicted molar refractivity (Wildman–Crippen MR) is 106 cm³/mol. The van der Waals surface area contributed by atoms with Crippen molar-refractivity contribution in [1.29, 1.82) is 0 Å². The molecule has 6 N–H and O–H groups in total. The Morgan fingerprint density at radius 3 is 2.57 bits per heavy atom. The van der Waals surface area contributed by atoms with E-state index in [1.807, 2.05) is 18.2 Å². The molecule has 0 aliphatic carbocycles. The molecular formula is C21H18N4O3. The Balaban J connectivity index is 1.60. The third-order valence-electron chi connectivity index (χ3n) is 4.58. The number of amides is 2. The molecule has 3 aromatic rings. The first-order valence-electron chi connectivity index (χ1n) is 8.67. The minimum absolute atomic E-state index is 0.0319. The fourth-order valence-corrected chi connectivity index (χ4v) is 3.21. The molecule has 140 valence electrons. The van der Waals surface area contributed by atoms with Crippen LogP contribution in [-0.4, -0.2) is 16.9 Å². The van der Waals surface area contributed by atoms with E-state index in [9.17, 15) is 14.7 Å². The predicted octanol–water partition coefficient (Wildman–Crippen LogP) is 2.76. The highest BCUT2D eigenvalue weighted by Crippen LogP contribution is 2.34. The van der Waals surface area contributed by atoms with E-state index in [0.29, 0.717) is 16.8 Å². The summed E-state index contributed by atoms with van der Waals surface area (Å²) < 4.78 is 0. The van der Waals surface area contributed by atoms with Gasteiger partial charge in [0, 0.05) is 22.4 Å². The Bertz CT molecular complexity index is 1080. The van der Waals surface area contributed by atoms with Gasteiger partial charge in [-0.3, -0.25) is 9.59 Å². The summed E-state index contributed by atoms with van der Waals surface area (Å²) in [6, 6.07) is 18.6. The quantitative estimate of drug-likeness (QED) is 0.481. The number of phenolic OH excluding ortho intramolecular Hbond substituents is 1. The molecule has 7 nitrogen and oxygen atoms in total. The molecule has 1 heterocycles. The maximum atomic E-state index is 12.4. The fourth-order valence-electron chi connectivity index (χ4n) is 3.21. The van der Waals surface area contributed by atoms with Crippen molar-refractivity contribution >= 4 is 23.2 Å². The van der Waals surface area contributed by atoms with Crippen LogP contribution in [0.4, 0.5) is 11.4 Å². The first kappa shape index (κ1) is 17.6. The molecule has 0 fully saturated rings. The van der Waals surface area contributed by atoms with Gasteiger partial charge in [-0.25, -0.2) is 5.43 Å². The maximum Gasteiger partial charge on any atom is 0.255 e. The number of aromatic hydroxyl groups is 1. The zero-order valence-electron chi connectivity index (χ0n) is 14.8. The van der Waals surface area contributed by atoms with Crippen molar-refractivity contribution in [2.75, 3.05) is 10.7 Å². The van der Waals surface area contributed by atoms with Gasteiger partial charge in [0.2, 0.25) is 5.91 Å². The number of fused-ring (bicyclic) bond motifs is 1. The van der Waals surface area contributed by atoms with Crippen molar-refractivity contribution in [1.82, 2.24) is 5.43 Å². The van der Waals surface area contributed by atoms with Crippen LogP contribution in [-0.2, 0) is 0 Å². The first-order valence-corrected chi connectivity index (χ1v) is 8.67. The smallest absolute Gasteiger partial charge is 0.255 e. The van der Waals surface area contributed by atoms with Crippen molar-refractivity contribution in [3.63, 3.8) is 0 Å². The molecule has 28 heavy (non-hydrogen) atoms. The molecule has 0 saturated heterocycles. The van der Waals surface area contributed by atoms with Crippen LogP contribution in [0.2, 0.25) is 0 Å². The normalized spacial score (nSPS) is 14.8. The highest BCUT2D eigenvalue weighted by atomic mass is 16.3. The van der Waals surface area contributed by atoms with Gasteiger partial charge in [-0.1, -0.05) is 18.2 Å². The number of carbonyl (C=O) groups excluding carboxylic acids is 2. The second-order valence-corrected chi connectivity index (χ2v) is 6.50. The summed E-state index contributed by atoms with van der Waals surface area (Å²) in [5, 5.41) is 12.4. The van der Waals surface area contributed by atoms with Crippen LogP contribution in [0.5, 0.6) is 5.75 Å². The van der Waals surface area contributed by atoms with Gasteiger partial charge in [0.15, 0.2) is 0 Å². The lowest BCUT2D eigenvalue weighted by Crippen LogP contribution is -2.20. The number of anilines is 2. The zero-order chi connectivity index (χ0) is 19.7. The van der Waals surface area contributed by atoms with Crippen LogP contribution in [0.15, 0.2) is 66.7 Å². The highest BCUT2D eigenvalue weighted by molar-refractivity contribution is 6.04. The van der Waals surface area contributed by atoms with Crippen molar-refractivity contribution in [3.05, 3.63) is 89.0 Å². The van der Waals surface area contributed by atoms with E-state index < -0.39 is 5.91 Å². The molecule has 0 radical (unpaired) electrons. The molecule has 2 amide bonds. The van der Waals surface area contributed by atoms with Crippen molar-refractivity contribution in [2.45, 2.75) is 6.04 Å². The molecule has 0 saturated carbocycles. The SMILES string of the molecule is NC(=O)c1ccc2c(c1)C(c1cccc(NC(=O)c3cccc(O)c3)c1)NN2. The van der Waals surface area contributed by atoms with Crippen molar-refractivity contribution in [3.8, 4) is 5.75 Å². The molecule has 1 atom stereocenters. The number of hydrogen-bond acceptors (Lipinski definition) is 5. The molecule has 1 unspecified atom stereocenters. The lowest BCUT2D eigenvalue weighted by molar-refractivity contribution is 0.0997. The summed E-state index contributed by atoms with van der Waals surface area (Å²) in [5.41, 5.74) is 15.7. The molecule has 4 rings (SSSR count). The fraction of sp³-hybridized carbons (Fsp3) is 0.0476. The number of benzene rings is 3. The second-order valence-electron chi connectivity index (χ2n) is 6.50. The second kappa shape index (κ2) is 7.05. The Kier molecular flexibility index (Phi) is 4.42. The summed E-state index contributed by atoms with van der Waals surface area (Å²) in [4.78, 5) is 23.9. The van der Waals surface area contributed by atoms with Gasteiger partial charge in [0.05, 0.1) is 11.7 Å². The van der Waals surface area contributed by atoms with E-state index >= 15 is 0 Å². The lowest BCUT2D eigenvalue weighted by Gasteiger charge is -2.14. The first-order chi connectivity index (χ1) is 13.5. The van der Waals surface area contributed by atoms with E-state index in [4.69, 9.17) is 5.73 Å². The lowest BCUT2D eigenvalue weighted by atomic mass is 9.97. The summed E-state index contributed by atoms with van der Waals surface area (Å²) in [6.07, 6.45) is 0. The molecule has 1 aliphatic heterocycles. The number of hydrazine groups is 1. The largest absolute Gasteiger partial charge is 0.508 e. The van der Waals surface area contributed by atoms with Crippen LogP contribution in [0.1, 0.15) is 37.9 Å². The summed E-state index contributed by atoms with van der Waals surface area (Å²) in [5.74, 6) is -0.771. The van der Waals surface area contributed by atoms with Gasteiger partial charge < -0.3 is 21.6 Å². The number of primary amides is 1. The van der Waals surface area contributed by atoms with Gasteiger partial charge >= 0.3 is 0 Å². The Labute approximate surface area is 161 Å². The van der Waals surface area contributed by atoms with E-state index in [0.717, 1.165) is 16.8 Å². The average molecular weight is 374 g/mol. The van der Waals surface area contributed by atoms with E-state index in [1.165, 1.54) is 12.1 Å². The van der Waals surface area contributed by atoms with Crippen molar-refractivity contribution < 1.29 is 14.7 Å². The zero-order valence-corrected chi connectivity index (χ0v) is 14.8. The molecular weight excluding hydrogens is 356 g/mol. The maximum absolute atomic E-state index is 12.4. The van der Waals surface area contributed by atoms with Crippen LogP contribution in [0.3, 0.4) is 0 Å². The molecule has 7 heteroatoms. The third kappa shape index (κ3) is 3.38. The van der Waals surface area contributed by atoms with Crippen molar-refractivity contribution in [2.24, 2.45) is 5.73 Å². The number of hydrogen-bond donors (Lipinski definition) is 5. The van der Waals surface area contributed by atoms with Crippen LogP contribution in [0, 0.1) is 0 Å². The number of nitrogens with one attached hydrogen (secondary N) is 3. The van der Waals surface area contributed by atoms with E-state index in [-0.39, 0.29) is 17.7 Å². The molecule has 0 spiro atoms. The Morgan fingerprint density at radius 2 is 1.79 bits per heavy atom. The Hall–Kier alpha value is -3.84.